The smallest absolute Gasteiger partial charge is 0.224 e. The third kappa shape index (κ3) is 4.48. The molecule has 2 aromatic carbocycles. The molecule has 0 radical (unpaired) electrons. The van der Waals surface area contributed by atoms with E-state index in [-0.39, 0.29) is 5.91 Å². The second-order valence-corrected chi connectivity index (χ2v) is 4.90. The zero-order chi connectivity index (χ0) is 16.7. The topological polar surface area (TPSA) is 71.3 Å². The van der Waals surface area contributed by atoms with Crippen LogP contribution in [0.3, 0.4) is 0 Å². The van der Waals surface area contributed by atoms with E-state index in [1.54, 1.807) is 42.5 Å². The molecule has 1 amide bonds. The Morgan fingerprint density at radius 2 is 1.87 bits per heavy atom. The SMILES string of the molecule is CCCC(=O)Nc1ccc(Oc2ccc(C#N)c(OC)c2)cc1. The number of amides is 1. The Labute approximate surface area is 135 Å². The van der Waals surface area contributed by atoms with Crippen molar-refractivity contribution < 1.29 is 14.3 Å². The summed E-state index contributed by atoms with van der Waals surface area (Å²) < 4.78 is 10.9. The lowest BCUT2D eigenvalue weighted by Gasteiger charge is -2.09. The number of benzene rings is 2. The van der Waals surface area contributed by atoms with Crippen LogP contribution in [0, 0.1) is 11.3 Å². The van der Waals surface area contributed by atoms with E-state index < -0.39 is 0 Å². The summed E-state index contributed by atoms with van der Waals surface area (Å²) in [5, 5.41) is 11.8. The van der Waals surface area contributed by atoms with E-state index >= 15 is 0 Å². The summed E-state index contributed by atoms with van der Waals surface area (Å²) in [6.07, 6.45) is 1.32. The number of nitrogens with one attached hydrogen (secondary N) is 1. The van der Waals surface area contributed by atoms with Gasteiger partial charge in [0.1, 0.15) is 23.3 Å². The largest absolute Gasteiger partial charge is 0.495 e. The van der Waals surface area contributed by atoms with Gasteiger partial charge in [0, 0.05) is 18.2 Å². The lowest BCUT2D eigenvalue weighted by Crippen LogP contribution is -2.10. The highest BCUT2D eigenvalue weighted by Gasteiger charge is 2.06. The van der Waals surface area contributed by atoms with Crippen LogP contribution in [-0.4, -0.2) is 13.0 Å². The molecule has 0 aliphatic rings. The van der Waals surface area contributed by atoms with Gasteiger partial charge in [0.15, 0.2) is 0 Å². The number of carbonyl (C=O) groups excluding carboxylic acids is 1. The van der Waals surface area contributed by atoms with Crippen LogP contribution < -0.4 is 14.8 Å². The zero-order valence-corrected chi connectivity index (χ0v) is 13.1. The minimum Gasteiger partial charge on any atom is -0.495 e. The average Bonchev–Trinajstić information content (AvgIpc) is 2.56. The maximum atomic E-state index is 11.5. The predicted molar refractivity (Wildman–Crippen MR) is 87.8 cm³/mol. The molecule has 0 aliphatic carbocycles. The molecule has 0 unspecified atom stereocenters. The number of anilines is 1. The van der Waals surface area contributed by atoms with Gasteiger partial charge in [-0.3, -0.25) is 4.79 Å². The van der Waals surface area contributed by atoms with Gasteiger partial charge in [0.25, 0.3) is 0 Å². The monoisotopic (exact) mass is 310 g/mol. The first-order valence-electron chi connectivity index (χ1n) is 7.32. The van der Waals surface area contributed by atoms with E-state index in [1.807, 2.05) is 6.92 Å². The number of nitriles is 1. The molecule has 118 valence electrons. The van der Waals surface area contributed by atoms with E-state index in [0.29, 0.717) is 29.2 Å². The molecule has 0 bridgehead atoms. The van der Waals surface area contributed by atoms with Crippen molar-refractivity contribution in [3.05, 3.63) is 48.0 Å². The van der Waals surface area contributed by atoms with Crippen LogP contribution >= 0.6 is 0 Å². The van der Waals surface area contributed by atoms with Crippen molar-refractivity contribution in [2.45, 2.75) is 19.8 Å². The molecule has 0 saturated carbocycles. The molecule has 5 heteroatoms. The van der Waals surface area contributed by atoms with Crippen LogP contribution in [0.15, 0.2) is 42.5 Å². The first kappa shape index (κ1) is 16.4. The van der Waals surface area contributed by atoms with Crippen LogP contribution in [0.1, 0.15) is 25.3 Å². The summed E-state index contributed by atoms with van der Waals surface area (Å²) >= 11 is 0. The molecular formula is C18H18N2O3. The fourth-order valence-corrected chi connectivity index (χ4v) is 2.02. The van der Waals surface area contributed by atoms with Gasteiger partial charge in [-0.1, -0.05) is 6.92 Å². The number of rotatable bonds is 6. The van der Waals surface area contributed by atoms with Gasteiger partial charge < -0.3 is 14.8 Å². The molecule has 0 aliphatic heterocycles. The second kappa shape index (κ2) is 7.85. The number of nitrogens with zero attached hydrogens (tertiary/aromatic N) is 1. The predicted octanol–water partition coefficient (Wildman–Crippen LogP) is 4.10. The Morgan fingerprint density at radius 1 is 1.17 bits per heavy atom. The van der Waals surface area contributed by atoms with Crippen molar-refractivity contribution >= 4 is 11.6 Å². The van der Waals surface area contributed by atoms with Gasteiger partial charge in [-0.05, 0) is 42.8 Å². The van der Waals surface area contributed by atoms with Crippen LogP contribution in [0.5, 0.6) is 17.2 Å². The number of methoxy groups -OCH3 is 1. The van der Waals surface area contributed by atoms with E-state index in [9.17, 15) is 4.79 Å². The summed E-state index contributed by atoms with van der Waals surface area (Å²) in [5.74, 6) is 1.67. The van der Waals surface area contributed by atoms with Gasteiger partial charge in [-0.15, -0.1) is 0 Å². The molecule has 0 fully saturated rings. The van der Waals surface area contributed by atoms with Crippen molar-refractivity contribution in [3.8, 4) is 23.3 Å². The van der Waals surface area contributed by atoms with Crippen LogP contribution in [0.2, 0.25) is 0 Å². The average molecular weight is 310 g/mol. The molecular weight excluding hydrogens is 292 g/mol. The number of ether oxygens (including phenoxy) is 2. The Kier molecular flexibility index (Phi) is 5.59. The zero-order valence-electron chi connectivity index (χ0n) is 13.1. The molecule has 0 aromatic heterocycles. The Morgan fingerprint density at radius 3 is 2.48 bits per heavy atom. The van der Waals surface area contributed by atoms with Crippen LogP contribution in [-0.2, 0) is 4.79 Å². The number of hydrogen-bond donors (Lipinski definition) is 1. The van der Waals surface area contributed by atoms with E-state index in [2.05, 4.69) is 11.4 Å². The van der Waals surface area contributed by atoms with Gasteiger partial charge in [-0.25, -0.2) is 0 Å². The second-order valence-electron chi connectivity index (χ2n) is 4.90. The maximum Gasteiger partial charge on any atom is 0.224 e. The van der Waals surface area contributed by atoms with E-state index in [4.69, 9.17) is 14.7 Å². The summed E-state index contributed by atoms with van der Waals surface area (Å²) in [5.41, 5.74) is 1.18. The summed E-state index contributed by atoms with van der Waals surface area (Å²) in [6, 6.07) is 14.2. The van der Waals surface area contributed by atoms with Gasteiger partial charge in [0.05, 0.1) is 12.7 Å². The first-order valence-corrected chi connectivity index (χ1v) is 7.32. The fourth-order valence-electron chi connectivity index (χ4n) is 2.02. The highest BCUT2D eigenvalue weighted by Crippen LogP contribution is 2.28. The molecule has 0 saturated heterocycles. The number of hydrogen-bond acceptors (Lipinski definition) is 4. The van der Waals surface area contributed by atoms with Gasteiger partial charge in [0.2, 0.25) is 5.91 Å². The van der Waals surface area contributed by atoms with Crippen molar-refractivity contribution in [2.24, 2.45) is 0 Å². The third-order valence-electron chi connectivity index (χ3n) is 3.14. The van der Waals surface area contributed by atoms with Crippen molar-refractivity contribution in [2.75, 3.05) is 12.4 Å². The Bertz CT molecular complexity index is 718. The van der Waals surface area contributed by atoms with Crippen molar-refractivity contribution in [1.29, 1.82) is 5.26 Å². The maximum absolute atomic E-state index is 11.5. The Hall–Kier alpha value is -3.00. The molecule has 5 nitrogen and oxygen atoms in total. The number of carbonyl (C=O) groups is 1. The molecule has 2 aromatic rings. The van der Waals surface area contributed by atoms with Crippen LogP contribution in [0.25, 0.3) is 0 Å². The van der Waals surface area contributed by atoms with E-state index in [1.165, 1.54) is 7.11 Å². The summed E-state index contributed by atoms with van der Waals surface area (Å²) in [6.45, 7) is 1.96. The lowest BCUT2D eigenvalue weighted by atomic mass is 10.2. The molecule has 2 rings (SSSR count). The van der Waals surface area contributed by atoms with Crippen molar-refractivity contribution in [1.82, 2.24) is 0 Å². The fraction of sp³-hybridized carbons (Fsp3) is 0.222. The third-order valence-corrected chi connectivity index (χ3v) is 3.14. The Balaban J connectivity index is 2.06. The summed E-state index contributed by atoms with van der Waals surface area (Å²) in [4.78, 5) is 11.5. The normalized spacial score (nSPS) is 9.78. The van der Waals surface area contributed by atoms with Crippen molar-refractivity contribution in [3.63, 3.8) is 0 Å². The van der Waals surface area contributed by atoms with Crippen LogP contribution in [0.4, 0.5) is 5.69 Å². The quantitative estimate of drug-likeness (QED) is 0.872. The highest BCUT2D eigenvalue weighted by molar-refractivity contribution is 5.90. The molecule has 0 spiro atoms. The van der Waals surface area contributed by atoms with E-state index in [0.717, 1.165) is 12.1 Å². The molecule has 1 N–H and O–H groups in total. The van der Waals surface area contributed by atoms with Gasteiger partial charge in [-0.2, -0.15) is 5.26 Å². The molecule has 0 heterocycles. The highest BCUT2D eigenvalue weighted by atomic mass is 16.5. The lowest BCUT2D eigenvalue weighted by molar-refractivity contribution is -0.116. The minimum absolute atomic E-state index is 0.00185. The standard InChI is InChI=1S/C18H18N2O3/c1-3-4-18(21)20-14-6-9-15(10-7-14)23-16-8-5-13(12-19)17(11-16)22-2/h5-11H,3-4H2,1-2H3,(H,20,21). The minimum atomic E-state index is -0.00185. The first-order chi connectivity index (χ1) is 11.2. The molecule has 23 heavy (non-hydrogen) atoms. The van der Waals surface area contributed by atoms with Gasteiger partial charge >= 0.3 is 0 Å². The molecule has 0 atom stereocenters. The summed E-state index contributed by atoms with van der Waals surface area (Å²) in [7, 11) is 1.51.